The zero-order chi connectivity index (χ0) is 16.7. The first-order valence-corrected chi connectivity index (χ1v) is 7.01. The van der Waals surface area contributed by atoms with Gasteiger partial charge in [0.15, 0.2) is 11.5 Å². The third kappa shape index (κ3) is 4.58. The highest BCUT2D eigenvalue weighted by molar-refractivity contribution is 5.94. The molecular weight excluding hydrogens is 300 g/mol. The minimum absolute atomic E-state index is 0.110. The number of hydrogen-bond acceptors (Lipinski definition) is 5. The van der Waals surface area contributed by atoms with Crippen molar-refractivity contribution in [3.63, 3.8) is 0 Å². The van der Waals surface area contributed by atoms with E-state index in [1.165, 1.54) is 13.2 Å². The van der Waals surface area contributed by atoms with Crippen LogP contribution in [0.4, 0.5) is 0 Å². The van der Waals surface area contributed by atoms with Gasteiger partial charge in [-0.05, 0) is 23.8 Å². The van der Waals surface area contributed by atoms with E-state index in [1.807, 2.05) is 0 Å². The van der Waals surface area contributed by atoms with Crippen LogP contribution in [0.2, 0.25) is 0 Å². The van der Waals surface area contributed by atoms with Crippen molar-refractivity contribution in [1.82, 2.24) is 10.3 Å². The molecule has 3 N–H and O–H groups in total. The number of hydrogen-bond donors (Lipinski definition) is 3. The molecule has 0 aliphatic rings. The second-order valence-electron chi connectivity index (χ2n) is 4.68. The number of aromatic nitrogens is 1. The van der Waals surface area contributed by atoms with E-state index >= 15 is 0 Å². The van der Waals surface area contributed by atoms with E-state index in [1.54, 1.807) is 30.5 Å². The van der Waals surface area contributed by atoms with Crippen molar-refractivity contribution in [2.75, 3.05) is 20.3 Å². The average molecular weight is 318 g/mol. The predicted octanol–water partition coefficient (Wildman–Crippen LogP) is 0.685. The molecule has 1 amide bonds. The smallest absolute Gasteiger partial charge is 0.251 e. The molecule has 122 valence electrons. The van der Waals surface area contributed by atoms with Gasteiger partial charge in [0.1, 0.15) is 6.61 Å². The third-order valence-electron chi connectivity index (χ3n) is 3.08. The van der Waals surface area contributed by atoms with Crippen molar-refractivity contribution in [2.24, 2.45) is 0 Å². The summed E-state index contributed by atoms with van der Waals surface area (Å²) in [7, 11) is 1.50. The van der Waals surface area contributed by atoms with Crippen LogP contribution in [0, 0.1) is 0 Å². The molecule has 7 nitrogen and oxygen atoms in total. The fourth-order valence-corrected chi connectivity index (χ4v) is 1.92. The number of carbonyl (C=O) groups excluding carboxylic acids is 1. The van der Waals surface area contributed by atoms with E-state index in [9.17, 15) is 9.59 Å². The number of ether oxygens (including phenoxy) is 2. The Morgan fingerprint density at radius 3 is 2.74 bits per heavy atom. The van der Waals surface area contributed by atoms with Crippen LogP contribution < -0.4 is 20.3 Å². The monoisotopic (exact) mass is 318 g/mol. The van der Waals surface area contributed by atoms with E-state index in [2.05, 4.69) is 10.3 Å². The first-order valence-electron chi connectivity index (χ1n) is 7.01. The van der Waals surface area contributed by atoms with Gasteiger partial charge in [-0.1, -0.05) is 6.07 Å². The maximum Gasteiger partial charge on any atom is 0.251 e. The fourth-order valence-electron chi connectivity index (χ4n) is 1.92. The summed E-state index contributed by atoms with van der Waals surface area (Å²) in [6.07, 6.45) is 1.55. The van der Waals surface area contributed by atoms with Crippen LogP contribution in [0.5, 0.6) is 11.5 Å². The fraction of sp³-hybridized carbons (Fsp3) is 0.250. The maximum atomic E-state index is 12.2. The van der Waals surface area contributed by atoms with Crippen LogP contribution >= 0.6 is 0 Å². The number of benzene rings is 1. The van der Waals surface area contributed by atoms with Crippen LogP contribution in [0.1, 0.15) is 15.9 Å². The molecule has 0 saturated carbocycles. The molecule has 0 unspecified atom stereocenters. The van der Waals surface area contributed by atoms with Crippen LogP contribution in [-0.2, 0) is 6.54 Å². The minimum atomic E-state index is -0.285. The number of methoxy groups -OCH3 is 1. The molecular formula is C16H18N2O5. The maximum absolute atomic E-state index is 12.2. The Hall–Kier alpha value is -2.80. The van der Waals surface area contributed by atoms with Crippen LogP contribution in [0.15, 0.2) is 41.3 Å². The summed E-state index contributed by atoms with van der Waals surface area (Å²) in [5.74, 6) is 0.585. The Morgan fingerprint density at radius 1 is 1.26 bits per heavy atom. The van der Waals surface area contributed by atoms with Gasteiger partial charge in [-0.2, -0.15) is 0 Å². The van der Waals surface area contributed by atoms with E-state index in [0.717, 1.165) is 5.56 Å². The highest BCUT2D eigenvalue weighted by atomic mass is 16.5. The van der Waals surface area contributed by atoms with Gasteiger partial charge >= 0.3 is 0 Å². The minimum Gasteiger partial charge on any atom is -0.493 e. The number of carbonyl (C=O) groups is 1. The molecule has 0 atom stereocenters. The summed E-state index contributed by atoms with van der Waals surface area (Å²) in [6.45, 7) is 0.263. The normalized spacial score (nSPS) is 10.2. The highest BCUT2D eigenvalue weighted by Crippen LogP contribution is 2.28. The van der Waals surface area contributed by atoms with Crippen LogP contribution in [0.3, 0.4) is 0 Å². The van der Waals surface area contributed by atoms with Gasteiger partial charge in [-0.15, -0.1) is 0 Å². The number of amides is 1. The topological polar surface area (TPSA) is 101 Å². The molecule has 2 aromatic rings. The third-order valence-corrected chi connectivity index (χ3v) is 3.08. The molecule has 1 aromatic carbocycles. The molecule has 0 radical (unpaired) electrons. The molecule has 0 aliphatic heterocycles. The number of pyridine rings is 1. The standard InChI is InChI=1S/C16H18N2O5/c1-22-13-4-3-12(8-14(13)23-7-6-19)16(21)18-10-11-2-5-15(20)17-9-11/h2-5,8-9,19H,6-7,10H2,1H3,(H,17,20)(H,18,21). The first-order chi connectivity index (χ1) is 11.1. The van der Waals surface area contributed by atoms with Crippen molar-refractivity contribution >= 4 is 5.91 Å². The zero-order valence-corrected chi connectivity index (χ0v) is 12.7. The molecule has 0 saturated heterocycles. The van der Waals surface area contributed by atoms with E-state index in [0.29, 0.717) is 17.1 Å². The SMILES string of the molecule is COc1ccc(C(=O)NCc2ccc(=O)[nH]c2)cc1OCCO. The number of nitrogens with one attached hydrogen (secondary N) is 2. The van der Waals surface area contributed by atoms with Crippen molar-refractivity contribution in [3.8, 4) is 11.5 Å². The molecule has 0 aliphatic carbocycles. The van der Waals surface area contributed by atoms with Crippen molar-refractivity contribution < 1.29 is 19.4 Å². The molecule has 0 bridgehead atoms. The molecule has 7 heteroatoms. The lowest BCUT2D eigenvalue weighted by Crippen LogP contribution is -2.23. The van der Waals surface area contributed by atoms with Gasteiger partial charge in [-0.3, -0.25) is 9.59 Å². The van der Waals surface area contributed by atoms with E-state index in [4.69, 9.17) is 14.6 Å². The summed E-state index contributed by atoms with van der Waals surface area (Å²) >= 11 is 0. The average Bonchev–Trinajstić information content (AvgIpc) is 2.58. The predicted molar refractivity (Wildman–Crippen MR) is 83.8 cm³/mol. The lowest BCUT2D eigenvalue weighted by Gasteiger charge is -2.12. The Labute approximate surface area is 132 Å². The number of aromatic amines is 1. The largest absolute Gasteiger partial charge is 0.493 e. The van der Waals surface area contributed by atoms with Crippen molar-refractivity contribution in [1.29, 1.82) is 0 Å². The van der Waals surface area contributed by atoms with Gasteiger partial charge in [0.2, 0.25) is 5.56 Å². The Bertz CT molecular complexity index is 706. The van der Waals surface area contributed by atoms with Gasteiger partial charge in [-0.25, -0.2) is 0 Å². The number of rotatable bonds is 7. The van der Waals surface area contributed by atoms with Crippen LogP contribution in [-0.4, -0.2) is 36.3 Å². The van der Waals surface area contributed by atoms with Gasteiger partial charge in [0, 0.05) is 24.4 Å². The van der Waals surface area contributed by atoms with Crippen molar-refractivity contribution in [2.45, 2.75) is 6.54 Å². The highest BCUT2D eigenvalue weighted by Gasteiger charge is 2.11. The van der Waals surface area contributed by atoms with Gasteiger partial charge in [0.25, 0.3) is 5.91 Å². The molecule has 2 rings (SSSR count). The van der Waals surface area contributed by atoms with E-state index < -0.39 is 0 Å². The Kier molecular flexibility index (Phi) is 5.76. The first kappa shape index (κ1) is 16.6. The summed E-state index contributed by atoms with van der Waals surface area (Å²) in [4.78, 5) is 25.7. The lowest BCUT2D eigenvalue weighted by molar-refractivity contribution is 0.0950. The second kappa shape index (κ2) is 8.00. The second-order valence-corrected chi connectivity index (χ2v) is 4.68. The summed E-state index contributed by atoms with van der Waals surface area (Å²) in [6, 6.07) is 7.84. The Morgan fingerprint density at radius 2 is 2.09 bits per heavy atom. The summed E-state index contributed by atoms with van der Waals surface area (Å²) in [5, 5.41) is 11.6. The molecule has 1 aromatic heterocycles. The number of aliphatic hydroxyl groups is 1. The molecule has 1 heterocycles. The quantitative estimate of drug-likeness (QED) is 0.697. The van der Waals surface area contributed by atoms with Gasteiger partial charge in [0.05, 0.1) is 13.7 Å². The van der Waals surface area contributed by atoms with E-state index in [-0.39, 0.29) is 31.2 Å². The zero-order valence-electron chi connectivity index (χ0n) is 12.7. The van der Waals surface area contributed by atoms with Crippen LogP contribution in [0.25, 0.3) is 0 Å². The number of H-pyrrole nitrogens is 1. The molecule has 0 spiro atoms. The lowest BCUT2D eigenvalue weighted by atomic mass is 10.2. The number of aliphatic hydroxyl groups excluding tert-OH is 1. The molecule has 23 heavy (non-hydrogen) atoms. The summed E-state index contributed by atoms with van der Waals surface area (Å²) < 4.78 is 10.5. The molecule has 0 fully saturated rings. The Balaban J connectivity index is 2.06. The van der Waals surface area contributed by atoms with Crippen molar-refractivity contribution in [3.05, 3.63) is 58.0 Å². The summed E-state index contributed by atoms with van der Waals surface area (Å²) in [5.41, 5.74) is 0.993. The van der Waals surface area contributed by atoms with Gasteiger partial charge < -0.3 is 24.9 Å².